The van der Waals surface area contributed by atoms with Gasteiger partial charge < -0.3 is 4.74 Å². The van der Waals surface area contributed by atoms with Crippen molar-refractivity contribution in [1.82, 2.24) is 9.97 Å². The van der Waals surface area contributed by atoms with Gasteiger partial charge in [-0.15, -0.1) is 23.1 Å². The number of benzene rings is 2. The summed E-state index contributed by atoms with van der Waals surface area (Å²) in [7, 11) is 1.66. The molecule has 4 aromatic rings. The topological polar surface area (TPSA) is 35.0 Å². The van der Waals surface area contributed by atoms with Crippen molar-refractivity contribution in [1.29, 1.82) is 0 Å². The molecule has 0 N–H and O–H groups in total. The summed E-state index contributed by atoms with van der Waals surface area (Å²) >= 11 is 3.23. The average Bonchev–Trinajstić information content (AvgIpc) is 3.10. The van der Waals surface area contributed by atoms with Crippen LogP contribution < -0.4 is 4.74 Å². The van der Waals surface area contributed by atoms with Crippen LogP contribution >= 0.6 is 23.1 Å². The van der Waals surface area contributed by atoms with Crippen LogP contribution in [0, 0.1) is 12.7 Å². The number of nitrogens with zero attached hydrogens (tertiary/aromatic N) is 2. The third-order valence-corrected chi connectivity index (χ3v) is 6.10. The number of aryl methyl sites for hydroxylation is 1. The average molecular weight is 397 g/mol. The van der Waals surface area contributed by atoms with E-state index in [4.69, 9.17) is 4.74 Å². The largest absolute Gasteiger partial charge is 0.497 e. The second-order valence-corrected chi connectivity index (χ2v) is 7.87. The molecule has 2 aromatic heterocycles. The predicted octanol–water partition coefficient (Wildman–Crippen LogP) is 6.11. The lowest BCUT2D eigenvalue weighted by Crippen LogP contribution is -1.92. The maximum absolute atomic E-state index is 13.5. The number of methoxy groups -OCH3 is 1. The molecule has 4 rings (SSSR count). The molecule has 0 fully saturated rings. The number of aromatic nitrogens is 2. The van der Waals surface area contributed by atoms with Crippen LogP contribution in [0.2, 0.25) is 0 Å². The lowest BCUT2D eigenvalue weighted by Gasteiger charge is -2.08. The molecule has 0 unspecified atom stereocenters. The van der Waals surface area contributed by atoms with Gasteiger partial charge in [-0.25, -0.2) is 14.4 Å². The van der Waals surface area contributed by atoms with Crippen molar-refractivity contribution in [2.75, 3.05) is 7.11 Å². The predicted molar refractivity (Wildman–Crippen MR) is 110 cm³/mol. The van der Waals surface area contributed by atoms with Gasteiger partial charge in [0.05, 0.1) is 12.5 Å². The van der Waals surface area contributed by atoms with E-state index in [0.29, 0.717) is 5.75 Å². The van der Waals surface area contributed by atoms with Crippen LogP contribution in [0.1, 0.15) is 11.4 Å². The van der Waals surface area contributed by atoms with Gasteiger partial charge >= 0.3 is 0 Å². The summed E-state index contributed by atoms with van der Waals surface area (Å²) in [5, 5.41) is 4.10. The van der Waals surface area contributed by atoms with E-state index >= 15 is 0 Å². The number of hydrogen-bond acceptors (Lipinski definition) is 5. The monoisotopic (exact) mass is 396 g/mol. The fourth-order valence-corrected chi connectivity index (χ4v) is 4.97. The molecule has 6 heteroatoms. The molecule has 0 saturated heterocycles. The van der Waals surface area contributed by atoms with Gasteiger partial charge in [0.15, 0.2) is 0 Å². The molecule has 136 valence electrons. The molecule has 0 spiro atoms. The first-order valence-electron chi connectivity index (χ1n) is 8.41. The van der Waals surface area contributed by atoms with Crippen LogP contribution in [0.3, 0.4) is 0 Å². The molecule has 3 nitrogen and oxygen atoms in total. The van der Waals surface area contributed by atoms with Crippen LogP contribution in [-0.4, -0.2) is 17.1 Å². The third kappa shape index (κ3) is 3.82. The summed E-state index contributed by atoms with van der Waals surface area (Å²) in [6, 6.07) is 14.7. The highest BCUT2D eigenvalue weighted by Crippen LogP contribution is 2.39. The molecule has 0 radical (unpaired) electrons. The summed E-state index contributed by atoms with van der Waals surface area (Å²) in [4.78, 5) is 10.2. The Bertz CT molecular complexity index is 1090. The molecule has 0 saturated carbocycles. The van der Waals surface area contributed by atoms with Gasteiger partial charge in [0.25, 0.3) is 0 Å². The van der Waals surface area contributed by atoms with E-state index in [9.17, 15) is 4.39 Å². The van der Waals surface area contributed by atoms with Gasteiger partial charge in [-0.05, 0) is 42.3 Å². The van der Waals surface area contributed by atoms with E-state index in [1.54, 1.807) is 42.3 Å². The molecular weight excluding hydrogens is 379 g/mol. The van der Waals surface area contributed by atoms with Crippen molar-refractivity contribution < 1.29 is 9.13 Å². The zero-order chi connectivity index (χ0) is 18.8. The first-order chi connectivity index (χ1) is 13.1. The number of hydrogen-bond donors (Lipinski definition) is 0. The molecule has 0 aliphatic heterocycles. The van der Waals surface area contributed by atoms with Crippen LogP contribution in [0.5, 0.6) is 5.75 Å². The molecule has 0 amide bonds. The number of ether oxygens (including phenoxy) is 1. The minimum atomic E-state index is -0.216. The van der Waals surface area contributed by atoms with E-state index in [1.165, 1.54) is 6.07 Å². The van der Waals surface area contributed by atoms with Crippen molar-refractivity contribution in [3.05, 3.63) is 71.1 Å². The standard InChI is InChI=1S/C21H17FN2OS2/c1-13-23-20(26-11-14-4-3-5-16(22)10-14)19-18(12-27-21(19)24-13)15-6-8-17(25-2)9-7-15/h3-10,12H,11H2,1-2H3. The minimum absolute atomic E-state index is 0.216. The number of fused-ring (bicyclic) bond motifs is 1. The fraction of sp³-hybridized carbons (Fsp3) is 0.143. The van der Waals surface area contributed by atoms with Crippen LogP contribution in [0.25, 0.3) is 21.3 Å². The van der Waals surface area contributed by atoms with E-state index in [2.05, 4.69) is 15.3 Å². The van der Waals surface area contributed by atoms with Gasteiger partial charge in [0, 0.05) is 16.7 Å². The molecule has 2 heterocycles. The lowest BCUT2D eigenvalue weighted by molar-refractivity contribution is 0.415. The zero-order valence-electron chi connectivity index (χ0n) is 14.9. The summed E-state index contributed by atoms with van der Waals surface area (Å²) < 4.78 is 18.7. The second kappa shape index (κ2) is 7.66. The smallest absolute Gasteiger partial charge is 0.128 e. The SMILES string of the molecule is COc1ccc(-c2csc3nc(C)nc(SCc4cccc(F)c4)c23)cc1. The van der Waals surface area contributed by atoms with E-state index in [1.807, 2.05) is 37.3 Å². The van der Waals surface area contributed by atoms with Crippen LogP contribution in [0.4, 0.5) is 4.39 Å². The highest BCUT2D eigenvalue weighted by atomic mass is 32.2. The van der Waals surface area contributed by atoms with Gasteiger partial charge in [-0.3, -0.25) is 0 Å². The summed E-state index contributed by atoms with van der Waals surface area (Å²) in [5.74, 6) is 2.01. The quantitative estimate of drug-likeness (QED) is 0.301. The fourth-order valence-electron chi connectivity index (χ4n) is 2.88. The Morgan fingerprint density at radius 2 is 1.93 bits per heavy atom. The number of thiophene rings is 1. The van der Waals surface area contributed by atoms with E-state index in [0.717, 1.165) is 43.5 Å². The molecule has 0 aliphatic carbocycles. The van der Waals surface area contributed by atoms with Gasteiger partial charge in [-0.1, -0.05) is 24.3 Å². The normalized spacial score (nSPS) is 11.1. The molecule has 0 bridgehead atoms. The number of halogens is 1. The Hall–Kier alpha value is -2.44. The van der Waals surface area contributed by atoms with Gasteiger partial charge in [-0.2, -0.15) is 0 Å². The highest BCUT2D eigenvalue weighted by Gasteiger charge is 2.15. The van der Waals surface area contributed by atoms with Crippen molar-refractivity contribution in [2.45, 2.75) is 17.7 Å². The summed E-state index contributed by atoms with van der Waals surface area (Å²) in [6.45, 7) is 1.90. The molecule has 2 aromatic carbocycles. The van der Waals surface area contributed by atoms with Crippen molar-refractivity contribution in [3.63, 3.8) is 0 Å². The minimum Gasteiger partial charge on any atom is -0.497 e. The molecule has 0 aliphatic rings. The van der Waals surface area contributed by atoms with Crippen molar-refractivity contribution in [2.24, 2.45) is 0 Å². The number of thioether (sulfide) groups is 1. The van der Waals surface area contributed by atoms with Crippen molar-refractivity contribution in [3.8, 4) is 16.9 Å². The maximum atomic E-state index is 13.5. The number of rotatable bonds is 5. The first-order valence-corrected chi connectivity index (χ1v) is 10.3. The lowest BCUT2D eigenvalue weighted by atomic mass is 10.1. The van der Waals surface area contributed by atoms with Crippen LogP contribution in [-0.2, 0) is 5.75 Å². The summed E-state index contributed by atoms with van der Waals surface area (Å²) in [5.41, 5.74) is 3.15. The van der Waals surface area contributed by atoms with Crippen molar-refractivity contribution >= 4 is 33.3 Å². The Kier molecular flexibility index (Phi) is 5.09. The Morgan fingerprint density at radius 3 is 2.67 bits per heavy atom. The first kappa shape index (κ1) is 17.9. The van der Waals surface area contributed by atoms with Crippen LogP contribution in [0.15, 0.2) is 58.9 Å². The van der Waals surface area contributed by atoms with E-state index < -0.39 is 0 Å². The molecule has 27 heavy (non-hydrogen) atoms. The Labute approximate surface area is 165 Å². The molecule has 0 atom stereocenters. The van der Waals surface area contributed by atoms with E-state index in [-0.39, 0.29) is 5.82 Å². The maximum Gasteiger partial charge on any atom is 0.128 e. The third-order valence-electron chi connectivity index (χ3n) is 4.18. The zero-order valence-corrected chi connectivity index (χ0v) is 16.5. The Morgan fingerprint density at radius 1 is 1.11 bits per heavy atom. The van der Waals surface area contributed by atoms with Gasteiger partial charge in [0.1, 0.15) is 27.2 Å². The van der Waals surface area contributed by atoms with Gasteiger partial charge in [0.2, 0.25) is 0 Å². The Balaban J connectivity index is 1.73. The second-order valence-electron chi connectivity index (χ2n) is 6.05. The highest BCUT2D eigenvalue weighted by molar-refractivity contribution is 7.98. The summed E-state index contributed by atoms with van der Waals surface area (Å²) in [6.07, 6.45) is 0. The molecular formula is C21H17FN2OS2.